The molecule has 1 amide bonds. The number of nitrogens with one attached hydrogen (secondary N) is 1. The molecule has 4 aromatic rings. The average molecular weight is 452 g/mol. The maximum Gasteiger partial charge on any atom is 0.252 e. The van der Waals surface area contributed by atoms with E-state index < -0.39 is 0 Å². The predicted octanol–water partition coefficient (Wildman–Crippen LogP) is 5.84. The van der Waals surface area contributed by atoms with Crippen LogP contribution in [-0.2, 0) is 12.2 Å². The summed E-state index contributed by atoms with van der Waals surface area (Å²) >= 11 is 4.86. The highest BCUT2D eigenvalue weighted by Crippen LogP contribution is 2.26. The lowest BCUT2D eigenvalue weighted by atomic mass is 10.2. The third-order valence-electron chi connectivity index (χ3n) is 4.51. The molecule has 0 radical (unpaired) electrons. The van der Waals surface area contributed by atoms with Crippen LogP contribution in [0.4, 0.5) is 0 Å². The Bertz CT molecular complexity index is 1100. The molecule has 30 heavy (non-hydrogen) atoms. The summed E-state index contributed by atoms with van der Waals surface area (Å²) in [6.45, 7) is 2.64. The van der Waals surface area contributed by atoms with E-state index in [0.29, 0.717) is 18.5 Å². The van der Waals surface area contributed by atoms with Gasteiger partial charge in [-0.05, 0) is 19.1 Å². The van der Waals surface area contributed by atoms with E-state index in [4.69, 9.17) is 4.98 Å². The van der Waals surface area contributed by atoms with E-state index in [1.165, 1.54) is 5.56 Å². The first kappa shape index (κ1) is 20.8. The number of carbonyl (C=O) groups excluding carboxylic acids is 1. The van der Waals surface area contributed by atoms with Crippen LogP contribution in [0.15, 0.2) is 69.7 Å². The molecule has 0 unspecified atom stereocenters. The van der Waals surface area contributed by atoms with Crippen molar-refractivity contribution in [3.8, 4) is 10.6 Å². The molecular weight excluding hydrogens is 430 g/mol. The van der Waals surface area contributed by atoms with E-state index in [1.54, 1.807) is 34.4 Å². The molecular formula is C23H21N3OS3. The SMILES string of the molecule is Cc1ccc(-c2nc(CCNC(=O)c3ccccc3SCc3cscn3)cs2)cc1. The second-order valence-electron chi connectivity index (χ2n) is 6.78. The van der Waals surface area contributed by atoms with Crippen molar-refractivity contribution in [3.05, 3.63) is 87.3 Å². The monoisotopic (exact) mass is 451 g/mol. The topological polar surface area (TPSA) is 54.9 Å². The van der Waals surface area contributed by atoms with Crippen molar-refractivity contribution in [2.24, 2.45) is 0 Å². The summed E-state index contributed by atoms with van der Waals surface area (Å²) in [7, 11) is 0. The van der Waals surface area contributed by atoms with E-state index in [2.05, 4.69) is 46.9 Å². The summed E-state index contributed by atoms with van der Waals surface area (Å²) in [5.74, 6) is 0.708. The summed E-state index contributed by atoms with van der Waals surface area (Å²) in [4.78, 5) is 22.7. The van der Waals surface area contributed by atoms with Gasteiger partial charge in [0, 0.05) is 39.9 Å². The van der Waals surface area contributed by atoms with Gasteiger partial charge in [0.25, 0.3) is 5.91 Å². The summed E-state index contributed by atoms with van der Waals surface area (Å²) < 4.78 is 0. The molecule has 0 aliphatic rings. The number of rotatable bonds is 8. The molecule has 2 aromatic carbocycles. The molecule has 0 saturated heterocycles. The number of aromatic nitrogens is 2. The number of nitrogens with zero attached hydrogens (tertiary/aromatic N) is 2. The standard InChI is InChI=1S/C23H21N3OS3/c1-16-6-8-17(9-7-16)23-26-18(13-30-23)10-11-24-22(27)20-4-2-3-5-21(20)29-14-19-12-28-15-25-19/h2-9,12-13,15H,10-11,14H2,1H3,(H,24,27). The molecule has 0 aliphatic carbocycles. The second-order valence-corrected chi connectivity index (χ2v) is 9.37. The summed E-state index contributed by atoms with van der Waals surface area (Å²) in [5, 5.41) is 8.15. The molecule has 7 heteroatoms. The zero-order chi connectivity index (χ0) is 20.8. The lowest BCUT2D eigenvalue weighted by Gasteiger charge is -2.09. The molecule has 1 N–H and O–H groups in total. The van der Waals surface area contributed by atoms with Crippen molar-refractivity contribution >= 4 is 40.3 Å². The fraction of sp³-hybridized carbons (Fsp3) is 0.174. The lowest BCUT2D eigenvalue weighted by molar-refractivity contribution is 0.0951. The van der Waals surface area contributed by atoms with Crippen molar-refractivity contribution < 1.29 is 4.79 Å². The fourth-order valence-corrected chi connectivity index (χ4v) is 5.37. The Morgan fingerprint density at radius 2 is 1.90 bits per heavy atom. The van der Waals surface area contributed by atoms with Crippen molar-refractivity contribution in [1.29, 1.82) is 0 Å². The Hall–Kier alpha value is -2.48. The minimum Gasteiger partial charge on any atom is -0.352 e. The first-order valence-corrected chi connectivity index (χ1v) is 12.4. The Kier molecular flexibility index (Phi) is 6.94. The minimum absolute atomic E-state index is 0.0506. The van der Waals surface area contributed by atoms with Crippen molar-refractivity contribution in [2.45, 2.75) is 24.0 Å². The van der Waals surface area contributed by atoms with E-state index in [1.807, 2.05) is 35.2 Å². The lowest BCUT2D eigenvalue weighted by Crippen LogP contribution is -2.26. The van der Waals surface area contributed by atoms with Crippen LogP contribution in [0.1, 0.15) is 27.3 Å². The summed E-state index contributed by atoms with van der Waals surface area (Å²) in [6, 6.07) is 16.1. The Labute approximate surface area is 188 Å². The van der Waals surface area contributed by atoms with Gasteiger partial charge in [-0.2, -0.15) is 0 Å². The maximum atomic E-state index is 12.7. The molecule has 0 aliphatic heterocycles. The Balaban J connectivity index is 1.32. The van der Waals surface area contributed by atoms with Crippen LogP contribution < -0.4 is 5.32 Å². The predicted molar refractivity (Wildman–Crippen MR) is 126 cm³/mol. The van der Waals surface area contributed by atoms with Crippen LogP contribution in [0.2, 0.25) is 0 Å². The number of aryl methyl sites for hydroxylation is 1. The molecule has 0 spiro atoms. The van der Waals surface area contributed by atoms with Gasteiger partial charge in [-0.25, -0.2) is 9.97 Å². The van der Waals surface area contributed by atoms with E-state index in [-0.39, 0.29) is 5.91 Å². The van der Waals surface area contributed by atoms with Gasteiger partial charge < -0.3 is 5.32 Å². The van der Waals surface area contributed by atoms with Crippen LogP contribution >= 0.6 is 34.4 Å². The molecule has 0 saturated carbocycles. The number of thiazole rings is 2. The van der Waals surface area contributed by atoms with Gasteiger partial charge in [-0.3, -0.25) is 4.79 Å². The molecule has 2 heterocycles. The third kappa shape index (κ3) is 5.36. The number of benzene rings is 2. The molecule has 0 bridgehead atoms. The number of amides is 1. The molecule has 0 fully saturated rings. The van der Waals surface area contributed by atoms with Crippen molar-refractivity contribution in [2.75, 3.05) is 6.54 Å². The van der Waals surface area contributed by atoms with Crippen LogP contribution in [0.25, 0.3) is 10.6 Å². The Morgan fingerprint density at radius 3 is 2.70 bits per heavy atom. The van der Waals surface area contributed by atoms with Crippen LogP contribution in [0, 0.1) is 6.92 Å². The average Bonchev–Trinajstić information content (AvgIpc) is 3.45. The van der Waals surface area contributed by atoms with Crippen LogP contribution in [0.3, 0.4) is 0 Å². The highest BCUT2D eigenvalue weighted by atomic mass is 32.2. The largest absolute Gasteiger partial charge is 0.352 e. The quantitative estimate of drug-likeness (QED) is 0.342. The number of hydrogen-bond donors (Lipinski definition) is 1. The number of thioether (sulfide) groups is 1. The molecule has 152 valence electrons. The summed E-state index contributed by atoms with van der Waals surface area (Å²) in [6.07, 6.45) is 0.711. The van der Waals surface area contributed by atoms with Crippen LogP contribution in [-0.4, -0.2) is 22.4 Å². The molecule has 4 rings (SSSR count). The first-order chi connectivity index (χ1) is 14.7. The summed E-state index contributed by atoms with van der Waals surface area (Å²) in [5.41, 5.74) is 6.94. The normalized spacial score (nSPS) is 10.8. The molecule has 4 nitrogen and oxygen atoms in total. The van der Waals surface area contributed by atoms with Crippen molar-refractivity contribution in [3.63, 3.8) is 0 Å². The fourth-order valence-electron chi connectivity index (χ4n) is 2.89. The van der Waals surface area contributed by atoms with Gasteiger partial charge >= 0.3 is 0 Å². The second kappa shape index (κ2) is 10.0. The smallest absolute Gasteiger partial charge is 0.252 e. The van der Waals surface area contributed by atoms with Gasteiger partial charge in [0.1, 0.15) is 5.01 Å². The zero-order valence-electron chi connectivity index (χ0n) is 16.5. The van der Waals surface area contributed by atoms with E-state index in [9.17, 15) is 4.79 Å². The third-order valence-corrected chi connectivity index (χ3v) is 7.19. The number of hydrogen-bond acceptors (Lipinski definition) is 6. The first-order valence-electron chi connectivity index (χ1n) is 9.57. The van der Waals surface area contributed by atoms with E-state index in [0.717, 1.165) is 32.6 Å². The van der Waals surface area contributed by atoms with Crippen molar-refractivity contribution in [1.82, 2.24) is 15.3 Å². The minimum atomic E-state index is -0.0506. The van der Waals surface area contributed by atoms with Crippen LogP contribution in [0.5, 0.6) is 0 Å². The molecule has 2 aromatic heterocycles. The van der Waals surface area contributed by atoms with Gasteiger partial charge in [0.15, 0.2) is 0 Å². The van der Waals surface area contributed by atoms with Gasteiger partial charge in [0.2, 0.25) is 0 Å². The zero-order valence-corrected chi connectivity index (χ0v) is 18.9. The number of carbonyl (C=O) groups is 1. The van der Waals surface area contributed by atoms with Gasteiger partial charge in [-0.1, -0.05) is 42.0 Å². The maximum absolute atomic E-state index is 12.7. The van der Waals surface area contributed by atoms with Gasteiger partial charge in [0.05, 0.1) is 22.5 Å². The Morgan fingerprint density at radius 1 is 1.07 bits per heavy atom. The van der Waals surface area contributed by atoms with Gasteiger partial charge in [-0.15, -0.1) is 34.4 Å². The highest BCUT2D eigenvalue weighted by Gasteiger charge is 2.12. The van der Waals surface area contributed by atoms with E-state index >= 15 is 0 Å². The molecule has 0 atom stereocenters. The highest BCUT2D eigenvalue weighted by molar-refractivity contribution is 7.98.